The lowest BCUT2D eigenvalue weighted by molar-refractivity contribution is -0.127. The van der Waals surface area contributed by atoms with E-state index in [1.165, 1.54) is 0 Å². The van der Waals surface area contributed by atoms with Crippen LogP contribution >= 0.6 is 11.6 Å². The summed E-state index contributed by atoms with van der Waals surface area (Å²) in [6.45, 7) is 1.75. The molecule has 1 amide bonds. The molecule has 0 unspecified atom stereocenters. The third-order valence-electron chi connectivity index (χ3n) is 1.42. The van der Waals surface area contributed by atoms with E-state index in [9.17, 15) is 4.79 Å². The standard InChI is InChI=1S/C9H10ClNO2/c1-2-9(12)11-13-8-5-3-7(10)4-6-8/h3-6H,2H2,1H3,(H,11,12). The second-order valence-electron chi connectivity index (χ2n) is 2.43. The molecule has 0 saturated heterocycles. The number of nitrogens with one attached hydrogen (secondary N) is 1. The smallest absolute Gasteiger partial charge is 0.252 e. The van der Waals surface area contributed by atoms with Crippen LogP contribution in [0.2, 0.25) is 5.02 Å². The molecule has 0 aliphatic rings. The lowest BCUT2D eigenvalue weighted by Crippen LogP contribution is -2.25. The van der Waals surface area contributed by atoms with Crippen molar-refractivity contribution >= 4 is 17.5 Å². The highest BCUT2D eigenvalue weighted by Gasteiger charge is 1.97. The molecule has 0 heterocycles. The van der Waals surface area contributed by atoms with Crippen LogP contribution in [-0.4, -0.2) is 5.91 Å². The number of rotatable bonds is 3. The summed E-state index contributed by atoms with van der Waals surface area (Å²) in [5, 5.41) is 0.633. The molecule has 0 aliphatic heterocycles. The first-order chi connectivity index (χ1) is 6.22. The molecule has 0 spiro atoms. The molecule has 4 heteroatoms. The fourth-order valence-corrected chi connectivity index (χ4v) is 0.817. The molecule has 1 aromatic rings. The molecule has 13 heavy (non-hydrogen) atoms. The molecule has 70 valence electrons. The van der Waals surface area contributed by atoms with Crippen LogP contribution in [0.25, 0.3) is 0 Å². The van der Waals surface area contributed by atoms with Gasteiger partial charge in [-0.2, -0.15) is 5.48 Å². The summed E-state index contributed by atoms with van der Waals surface area (Å²) in [4.78, 5) is 15.7. The van der Waals surface area contributed by atoms with Gasteiger partial charge in [-0.1, -0.05) is 18.5 Å². The van der Waals surface area contributed by atoms with Gasteiger partial charge in [0.15, 0.2) is 5.75 Å². The van der Waals surface area contributed by atoms with E-state index < -0.39 is 0 Å². The van der Waals surface area contributed by atoms with Crippen LogP contribution in [0.5, 0.6) is 5.75 Å². The maximum absolute atomic E-state index is 10.8. The van der Waals surface area contributed by atoms with Crippen LogP contribution in [0, 0.1) is 0 Å². The van der Waals surface area contributed by atoms with E-state index in [2.05, 4.69) is 5.48 Å². The van der Waals surface area contributed by atoms with E-state index in [1.54, 1.807) is 31.2 Å². The molecule has 0 bridgehead atoms. The zero-order valence-corrected chi connectivity index (χ0v) is 7.97. The summed E-state index contributed by atoms with van der Waals surface area (Å²) in [7, 11) is 0. The second kappa shape index (κ2) is 4.72. The zero-order chi connectivity index (χ0) is 9.68. The Hall–Kier alpha value is -1.22. The summed E-state index contributed by atoms with van der Waals surface area (Å²) in [6, 6.07) is 6.74. The Morgan fingerprint density at radius 2 is 2.08 bits per heavy atom. The first-order valence-corrected chi connectivity index (χ1v) is 4.31. The average Bonchev–Trinajstić information content (AvgIpc) is 2.16. The lowest BCUT2D eigenvalue weighted by atomic mass is 10.3. The molecule has 0 atom stereocenters. The summed E-state index contributed by atoms with van der Waals surface area (Å²) in [5.74, 6) is 0.404. The minimum absolute atomic E-state index is 0.157. The SMILES string of the molecule is CCC(=O)NOc1ccc(Cl)cc1. The van der Waals surface area contributed by atoms with E-state index in [4.69, 9.17) is 16.4 Å². The largest absolute Gasteiger partial charge is 0.380 e. The Kier molecular flexibility index (Phi) is 3.58. The quantitative estimate of drug-likeness (QED) is 0.758. The van der Waals surface area contributed by atoms with Gasteiger partial charge in [-0.05, 0) is 24.3 Å². The molecule has 0 saturated carbocycles. The maximum Gasteiger partial charge on any atom is 0.252 e. The number of benzene rings is 1. The van der Waals surface area contributed by atoms with Crippen molar-refractivity contribution in [3.05, 3.63) is 29.3 Å². The van der Waals surface area contributed by atoms with E-state index in [1.807, 2.05) is 0 Å². The van der Waals surface area contributed by atoms with Crippen molar-refractivity contribution in [3.63, 3.8) is 0 Å². The Morgan fingerprint density at radius 1 is 1.46 bits per heavy atom. The number of hydroxylamine groups is 1. The normalized spacial score (nSPS) is 9.38. The van der Waals surface area contributed by atoms with Crippen LogP contribution in [-0.2, 0) is 4.79 Å². The van der Waals surface area contributed by atoms with Gasteiger partial charge in [-0.15, -0.1) is 0 Å². The summed E-state index contributed by atoms with van der Waals surface area (Å²) in [5.41, 5.74) is 2.29. The van der Waals surface area contributed by atoms with E-state index >= 15 is 0 Å². The van der Waals surface area contributed by atoms with Gasteiger partial charge >= 0.3 is 0 Å². The summed E-state index contributed by atoms with van der Waals surface area (Å²) < 4.78 is 0. The highest BCUT2D eigenvalue weighted by molar-refractivity contribution is 6.30. The summed E-state index contributed by atoms with van der Waals surface area (Å²) in [6.07, 6.45) is 0.396. The second-order valence-corrected chi connectivity index (χ2v) is 2.87. The van der Waals surface area contributed by atoms with Gasteiger partial charge in [-0.25, -0.2) is 0 Å². The van der Waals surface area contributed by atoms with Crippen molar-refractivity contribution < 1.29 is 9.63 Å². The Morgan fingerprint density at radius 3 is 2.62 bits per heavy atom. The highest BCUT2D eigenvalue weighted by atomic mass is 35.5. The molecule has 3 nitrogen and oxygen atoms in total. The third kappa shape index (κ3) is 3.34. The van der Waals surface area contributed by atoms with E-state index in [0.717, 1.165) is 0 Å². The fraction of sp³-hybridized carbons (Fsp3) is 0.222. The molecule has 1 aromatic carbocycles. The van der Waals surface area contributed by atoms with Crippen molar-refractivity contribution in [3.8, 4) is 5.75 Å². The first-order valence-electron chi connectivity index (χ1n) is 3.93. The van der Waals surface area contributed by atoms with Gasteiger partial charge in [0, 0.05) is 11.4 Å². The van der Waals surface area contributed by atoms with Gasteiger partial charge in [0.25, 0.3) is 5.91 Å². The van der Waals surface area contributed by atoms with E-state index in [0.29, 0.717) is 17.2 Å². The van der Waals surface area contributed by atoms with Gasteiger partial charge in [-0.3, -0.25) is 4.79 Å². The predicted octanol–water partition coefficient (Wildman–Crippen LogP) is 2.16. The maximum atomic E-state index is 10.8. The first kappa shape index (κ1) is 9.86. The Labute approximate surface area is 81.6 Å². The average molecular weight is 200 g/mol. The molecule has 0 fully saturated rings. The predicted molar refractivity (Wildman–Crippen MR) is 50.5 cm³/mol. The molecule has 0 aromatic heterocycles. The third-order valence-corrected chi connectivity index (χ3v) is 1.67. The van der Waals surface area contributed by atoms with Crippen molar-refractivity contribution in [2.45, 2.75) is 13.3 Å². The molecule has 1 N–H and O–H groups in total. The number of amides is 1. The van der Waals surface area contributed by atoms with Crippen LogP contribution in [0.1, 0.15) is 13.3 Å². The fourth-order valence-electron chi connectivity index (χ4n) is 0.691. The number of halogens is 1. The zero-order valence-electron chi connectivity index (χ0n) is 7.21. The van der Waals surface area contributed by atoms with Crippen molar-refractivity contribution in [1.82, 2.24) is 5.48 Å². The van der Waals surface area contributed by atoms with Gasteiger partial charge in [0.2, 0.25) is 0 Å². The minimum atomic E-state index is -0.157. The van der Waals surface area contributed by atoms with Crippen LogP contribution in [0.3, 0.4) is 0 Å². The van der Waals surface area contributed by atoms with Gasteiger partial charge in [0.1, 0.15) is 0 Å². The van der Waals surface area contributed by atoms with Crippen molar-refractivity contribution in [1.29, 1.82) is 0 Å². The van der Waals surface area contributed by atoms with Crippen molar-refractivity contribution in [2.75, 3.05) is 0 Å². The molecule has 0 aliphatic carbocycles. The Bertz CT molecular complexity index is 284. The number of hydrogen-bond acceptors (Lipinski definition) is 2. The Balaban J connectivity index is 2.46. The number of hydrogen-bond donors (Lipinski definition) is 1. The number of carbonyl (C=O) groups excluding carboxylic acids is 1. The topological polar surface area (TPSA) is 38.3 Å². The molecular weight excluding hydrogens is 190 g/mol. The molecular formula is C9H10ClNO2. The molecule has 1 rings (SSSR count). The monoisotopic (exact) mass is 199 g/mol. The van der Waals surface area contributed by atoms with Gasteiger partial charge < -0.3 is 4.84 Å². The van der Waals surface area contributed by atoms with Crippen LogP contribution in [0.4, 0.5) is 0 Å². The van der Waals surface area contributed by atoms with Crippen LogP contribution in [0.15, 0.2) is 24.3 Å². The van der Waals surface area contributed by atoms with E-state index in [-0.39, 0.29) is 5.91 Å². The number of carbonyl (C=O) groups is 1. The summed E-state index contributed by atoms with van der Waals surface area (Å²) >= 11 is 5.66. The molecule has 0 radical (unpaired) electrons. The highest BCUT2D eigenvalue weighted by Crippen LogP contribution is 2.14. The van der Waals surface area contributed by atoms with Crippen LogP contribution < -0.4 is 10.3 Å². The van der Waals surface area contributed by atoms with Gasteiger partial charge in [0.05, 0.1) is 0 Å². The lowest BCUT2D eigenvalue weighted by Gasteiger charge is -2.04. The van der Waals surface area contributed by atoms with Crippen molar-refractivity contribution in [2.24, 2.45) is 0 Å². The minimum Gasteiger partial charge on any atom is -0.380 e.